The summed E-state index contributed by atoms with van der Waals surface area (Å²) in [6, 6.07) is 0. The highest BCUT2D eigenvalue weighted by Crippen LogP contribution is 2.19. The third-order valence-corrected chi connectivity index (χ3v) is 3.22. The molecule has 0 aromatic carbocycles. The van der Waals surface area contributed by atoms with Crippen LogP contribution in [0.3, 0.4) is 0 Å². The van der Waals surface area contributed by atoms with Crippen molar-refractivity contribution in [3.8, 4) is 0 Å². The van der Waals surface area contributed by atoms with Crippen molar-refractivity contribution < 1.29 is 9.53 Å². The van der Waals surface area contributed by atoms with Gasteiger partial charge in [0.25, 0.3) is 0 Å². The fourth-order valence-electron chi connectivity index (χ4n) is 2.15. The molecule has 4 heteroatoms. The molecule has 4 nitrogen and oxygen atoms in total. The zero-order valence-electron chi connectivity index (χ0n) is 11.0. The number of carbonyl (C=O) groups is 1. The van der Waals surface area contributed by atoms with Crippen LogP contribution in [0.25, 0.3) is 0 Å². The van der Waals surface area contributed by atoms with Gasteiger partial charge in [0, 0.05) is 20.0 Å². The second-order valence-corrected chi connectivity index (χ2v) is 4.66. The maximum absolute atomic E-state index is 10.9. The molecule has 1 amide bonds. The van der Waals surface area contributed by atoms with E-state index in [2.05, 4.69) is 10.6 Å². The first-order valence-corrected chi connectivity index (χ1v) is 6.86. The van der Waals surface area contributed by atoms with Crippen LogP contribution in [0.5, 0.6) is 0 Å². The van der Waals surface area contributed by atoms with E-state index in [1.54, 1.807) is 7.05 Å². The molecule has 0 aliphatic heterocycles. The van der Waals surface area contributed by atoms with Crippen LogP contribution in [0.4, 0.5) is 0 Å². The summed E-state index contributed by atoms with van der Waals surface area (Å²) in [4.78, 5) is 10.9. The Hall–Kier alpha value is -0.610. The van der Waals surface area contributed by atoms with E-state index in [-0.39, 0.29) is 5.91 Å². The first-order valence-electron chi connectivity index (χ1n) is 6.86. The summed E-state index contributed by atoms with van der Waals surface area (Å²) in [6.07, 6.45) is 8.48. The van der Waals surface area contributed by atoms with E-state index in [0.717, 1.165) is 26.1 Å². The topological polar surface area (TPSA) is 50.4 Å². The summed E-state index contributed by atoms with van der Waals surface area (Å²) in [7, 11) is 1.67. The molecule has 0 radical (unpaired) electrons. The lowest BCUT2D eigenvalue weighted by molar-refractivity contribution is -0.120. The fraction of sp³-hybridized carbons (Fsp3) is 0.923. The lowest BCUT2D eigenvalue weighted by atomic mass is 9.98. The van der Waals surface area contributed by atoms with E-state index >= 15 is 0 Å². The lowest BCUT2D eigenvalue weighted by Crippen LogP contribution is -2.26. The van der Waals surface area contributed by atoms with E-state index in [4.69, 9.17) is 4.74 Å². The second-order valence-electron chi connectivity index (χ2n) is 4.66. The van der Waals surface area contributed by atoms with Crippen LogP contribution in [0.15, 0.2) is 0 Å². The minimum Gasteiger partial charge on any atom is -0.377 e. The van der Waals surface area contributed by atoms with Crippen LogP contribution < -0.4 is 10.6 Å². The number of rotatable bonds is 8. The Morgan fingerprint density at radius 1 is 1.24 bits per heavy atom. The number of hydrogen-bond donors (Lipinski definition) is 2. The molecule has 100 valence electrons. The zero-order valence-corrected chi connectivity index (χ0v) is 11.0. The van der Waals surface area contributed by atoms with Gasteiger partial charge in [-0.05, 0) is 25.8 Å². The molecule has 1 aliphatic carbocycles. The van der Waals surface area contributed by atoms with E-state index < -0.39 is 0 Å². The first kappa shape index (κ1) is 14.5. The van der Waals surface area contributed by atoms with Gasteiger partial charge in [0.15, 0.2) is 0 Å². The van der Waals surface area contributed by atoms with Gasteiger partial charge in [-0.25, -0.2) is 0 Å². The average Bonchev–Trinajstić information content (AvgIpc) is 2.38. The largest absolute Gasteiger partial charge is 0.377 e. The molecule has 1 saturated carbocycles. The molecule has 0 heterocycles. The fourth-order valence-corrected chi connectivity index (χ4v) is 2.15. The summed E-state index contributed by atoms with van der Waals surface area (Å²) in [5, 5.41) is 5.92. The van der Waals surface area contributed by atoms with Crippen LogP contribution in [0.2, 0.25) is 0 Å². The SMILES string of the molecule is CNC(=O)CCCNCCOC1CCCCC1. The number of carbonyl (C=O) groups excluding carboxylic acids is 1. The van der Waals surface area contributed by atoms with E-state index in [9.17, 15) is 4.79 Å². The predicted molar refractivity (Wildman–Crippen MR) is 69.0 cm³/mol. The van der Waals surface area contributed by atoms with Gasteiger partial charge in [-0.15, -0.1) is 0 Å². The van der Waals surface area contributed by atoms with Crippen molar-refractivity contribution in [3.05, 3.63) is 0 Å². The molecule has 1 aliphatic rings. The molecular weight excluding hydrogens is 216 g/mol. The van der Waals surface area contributed by atoms with Crippen LogP contribution in [-0.2, 0) is 9.53 Å². The molecule has 0 spiro atoms. The van der Waals surface area contributed by atoms with E-state index in [1.165, 1.54) is 32.1 Å². The maximum Gasteiger partial charge on any atom is 0.219 e. The van der Waals surface area contributed by atoms with Crippen molar-refractivity contribution in [3.63, 3.8) is 0 Å². The maximum atomic E-state index is 10.9. The standard InChI is InChI=1S/C13H26N2O2/c1-14-13(16)8-5-9-15-10-11-17-12-6-3-2-4-7-12/h12,15H,2-11H2,1H3,(H,14,16). The zero-order chi connectivity index (χ0) is 12.3. The molecule has 1 rings (SSSR count). The highest BCUT2D eigenvalue weighted by Gasteiger charge is 2.12. The van der Waals surface area contributed by atoms with Gasteiger partial charge in [-0.1, -0.05) is 19.3 Å². The number of nitrogens with one attached hydrogen (secondary N) is 2. The molecule has 0 aromatic rings. The third kappa shape index (κ3) is 7.34. The minimum absolute atomic E-state index is 0.116. The summed E-state index contributed by atoms with van der Waals surface area (Å²) in [5.41, 5.74) is 0. The third-order valence-electron chi connectivity index (χ3n) is 3.22. The highest BCUT2D eigenvalue weighted by atomic mass is 16.5. The Labute approximate surface area is 104 Å². The molecule has 17 heavy (non-hydrogen) atoms. The minimum atomic E-state index is 0.116. The van der Waals surface area contributed by atoms with Crippen molar-refractivity contribution in [2.24, 2.45) is 0 Å². The smallest absolute Gasteiger partial charge is 0.219 e. The molecule has 0 atom stereocenters. The highest BCUT2D eigenvalue weighted by molar-refractivity contribution is 5.75. The average molecular weight is 242 g/mol. The van der Waals surface area contributed by atoms with Gasteiger partial charge in [0.1, 0.15) is 0 Å². The lowest BCUT2D eigenvalue weighted by Gasteiger charge is -2.22. The Morgan fingerprint density at radius 2 is 2.00 bits per heavy atom. The van der Waals surface area contributed by atoms with Gasteiger partial charge in [0.2, 0.25) is 5.91 Å². The van der Waals surface area contributed by atoms with Crippen molar-refractivity contribution in [1.82, 2.24) is 10.6 Å². The van der Waals surface area contributed by atoms with Crippen molar-refractivity contribution >= 4 is 5.91 Å². The van der Waals surface area contributed by atoms with Crippen LogP contribution in [-0.4, -0.2) is 38.8 Å². The Morgan fingerprint density at radius 3 is 2.71 bits per heavy atom. The summed E-state index contributed by atoms with van der Waals surface area (Å²) < 4.78 is 5.79. The Kier molecular flexibility index (Phi) is 8.01. The number of ether oxygens (including phenoxy) is 1. The van der Waals surface area contributed by atoms with Gasteiger partial charge >= 0.3 is 0 Å². The molecule has 0 bridgehead atoms. The van der Waals surface area contributed by atoms with Gasteiger partial charge in [0.05, 0.1) is 12.7 Å². The van der Waals surface area contributed by atoms with Crippen LogP contribution >= 0.6 is 0 Å². The quantitative estimate of drug-likeness (QED) is 0.633. The molecule has 0 saturated heterocycles. The monoisotopic (exact) mass is 242 g/mol. The number of amides is 1. The Balaban J connectivity index is 1.82. The normalized spacial score (nSPS) is 17.0. The predicted octanol–water partition coefficient (Wildman–Crippen LogP) is 1.45. The second kappa shape index (κ2) is 9.42. The molecule has 0 unspecified atom stereocenters. The van der Waals surface area contributed by atoms with Gasteiger partial charge in [-0.3, -0.25) is 4.79 Å². The van der Waals surface area contributed by atoms with Gasteiger partial charge < -0.3 is 15.4 Å². The molecular formula is C13H26N2O2. The number of hydrogen-bond acceptors (Lipinski definition) is 3. The molecule has 1 fully saturated rings. The van der Waals surface area contributed by atoms with E-state index in [0.29, 0.717) is 12.5 Å². The van der Waals surface area contributed by atoms with Crippen LogP contribution in [0, 0.1) is 0 Å². The van der Waals surface area contributed by atoms with Crippen molar-refractivity contribution in [2.45, 2.75) is 51.0 Å². The summed E-state index contributed by atoms with van der Waals surface area (Å²) in [5.74, 6) is 0.116. The molecule has 2 N–H and O–H groups in total. The van der Waals surface area contributed by atoms with Gasteiger partial charge in [-0.2, -0.15) is 0 Å². The van der Waals surface area contributed by atoms with Crippen molar-refractivity contribution in [1.29, 1.82) is 0 Å². The summed E-state index contributed by atoms with van der Waals surface area (Å²) in [6.45, 7) is 2.58. The van der Waals surface area contributed by atoms with Crippen molar-refractivity contribution in [2.75, 3.05) is 26.7 Å². The molecule has 0 aromatic heterocycles. The Bertz CT molecular complexity index is 204. The van der Waals surface area contributed by atoms with E-state index in [1.807, 2.05) is 0 Å². The van der Waals surface area contributed by atoms with Crippen LogP contribution in [0.1, 0.15) is 44.9 Å². The first-order chi connectivity index (χ1) is 8.33. The summed E-state index contributed by atoms with van der Waals surface area (Å²) >= 11 is 0.